The highest BCUT2D eigenvalue weighted by atomic mass is 35.5. The summed E-state index contributed by atoms with van der Waals surface area (Å²) in [5.41, 5.74) is 3.11. The molecule has 1 nitrogen and oxygen atoms in total. The third-order valence-electron chi connectivity index (χ3n) is 3.59. The zero-order valence-corrected chi connectivity index (χ0v) is 11.3. The van der Waals surface area contributed by atoms with Crippen molar-refractivity contribution in [3.8, 4) is 0 Å². The van der Waals surface area contributed by atoms with E-state index in [1.165, 1.54) is 19.3 Å². The first kappa shape index (κ1) is 11.6. The molecule has 3 heteroatoms. The standard InChI is InChI=1S/C14H16ClNS/c15-14-8-9-16(17-14)10-12-6-3-5-11-4-1-2-7-13(11)12/h1-2,4,7-8,12H,3,5-6,9-10H2. The normalized spacial score (nSPS) is 24.5. The van der Waals surface area contributed by atoms with Crippen LogP contribution in [0, 0.1) is 0 Å². The van der Waals surface area contributed by atoms with Gasteiger partial charge in [0.15, 0.2) is 0 Å². The van der Waals surface area contributed by atoms with E-state index in [0.29, 0.717) is 5.92 Å². The molecule has 1 aromatic rings. The summed E-state index contributed by atoms with van der Waals surface area (Å²) >= 11 is 7.70. The van der Waals surface area contributed by atoms with E-state index in [2.05, 4.69) is 34.6 Å². The molecule has 2 aliphatic rings. The molecule has 0 saturated carbocycles. The highest BCUT2D eigenvalue weighted by molar-refractivity contribution is 8.02. The number of benzene rings is 1. The van der Waals surface area contributed by atoms with Gasteiger partial charge < -0.3 is 0 Å². The van der Waals surface area contributed by atoms with Gasteiger partial charge in [0.05, 0.1) is 4.36 Å². The molecule has 1 aliphatic heterocycles. The molecule has 0 bridgehead atoms. The Labute approximate surface area is 112 Å². The molecule has 0 saturated heterocycles. The number of nitrogens with zero attached hydrogens (tertiary/aromatic N) is 1. The average Bonchev–Trinajstić information content (AvgIpc) is 2.75. The van der Waals surface area contributed by atoms with Gasteiger partial charge in [0.25, 0.3) is 0 Å². The van der Waals surface area contributed by atoms with Crippen molar-refractivity contribution in [1.29, 1.82) is 0 Å². The Hall–Kier alpha value is -0.440. The van der Waals surface area contributed by atoms with Crippen molar-refractivity contribution < 1.29 is 0 Å². The fourth-order valence-electron chi connectivity index (χ4n) is 2.77. The monoisotopic (exact) mass is 265 g/mol. The minimum Gasteiger partial charge on any atom is -0.241 e. The smallest absolute Gasteiger partial charge is 0.0862 e. The van der Waals surface area contributed by atoms with Crippen LogP contribution in [-0.4, -0.2) is 17.4 Å². The number of rotatable bonds is 2. The molecule has 0 aromatic heterocycles. The molecule has 0 spiro atoms. The van der Waals surface area contributed by atoms with Crippen molar-refractivity contribution in [3.63, 3.8) is 0 Å². The molecule has 0 radical (unpaired) electrons. The van der Waals surface area contributed by atoms with Gasteiger partial charge in [-0.2, -0.15) is 0 Å². The van der Waals surface area contributed by atoms with E-state index in [1.807, 2.05) is 0 Å². The lowest BCUT2D eigenvalue weighted by Crippen LogP contribution is -2.23. The summed E-state index contributed by atoms with van der Waals surface area (Å²) in [7, 11) is 0. The maximum Gasteiger partial charge on any atom is 0.0862 e. The van der Waals surface area contributed by atoms with Gasteiger partial charge in [-0.25, -0.2) is 4.31 Å². The van der Waals surface area contributed by atoms with Crippen LogP contribution in [0.3, 0.4) is 0 Å². The van der Waals surface area contributed by atoms with E-state index in [4.69, 9.17) is 11.6 Å². The lowest BCUT2D eigenvalue weighted by atomic mass is 9.83. The van der Waals surface area contributed by atoms with Crippen LogP contribution in [-0.2, 0) is 6.42 Å². The molecule has 1 aliphatic carbocycles. The van der Waals surface area contributed by atoms with E-state index in [0.717, 1.165) is 17.5 Å². The van der Waals surface area contributed by atoms with Gasteiger partial charge in [-0.05, 0) is 54.3 Å². The fraction of sp³-hybridized carbons (Fsp3) is 0.429. The number of hydrogen-bond acceptors (Lipinski definition) is 2. The molecule has 0 fully saturated rings. The Morgan fingerprint density at radius 3 is 3.06 bits per heavy atom. The van der Waals surface area contributed by atoms with E-state index in [1.54, 1.807) is 23.1 Å². The summed E-state index contributed by atoms with van der Waals surface area (Å²) in [6.07, 6.45) is 5.98. The molecule has 1 unspecified atom stereocenters. The SMILES string of the molecule is ClC1=CCN(CC2CCCc3ccccc32)S1. The summed E-state index contributed by atoms with van der Waals surface area (Å²) < 4.78 is 3.30. The van der Waals surface area contributed by atoms with Gasteiger partial charge >= 0.3 is 0 Å². The Morgan fingerprint density at radius 1 is 1.35 bits per heavy atom. The second-order valence-corrected chi connectivity index (χ2v) is 6.50. The minimum absolute atomic E-state index is 0.684. The van der Waals surface area contributed by atoms with Crippen LogP contribution in [0.4, 0.5) is 0 Å². The summed E-state index contributed by atoms with van der Waals surface area (Å²) in [6, 6.07) is 8.91. The third kappa shape index (κ3) is 2.54. The Bertz CT molecular complexity index is 444. The van der Waals surface area contributed by atoms with Gasteiger partial charge in [0.1, 0.15) is 0 Å². The molecule has 1 heterocycles. The average molecular weight is 266 g/mol. The lowest BCUT2D eigenvalue weighted by molar-refractivity contribution is 0.430. The van der Waals surface area contributed by atoms with Crippen molar-refractivity contribution in [2.45, 2.75) is 25.2 Å². The van der Waals surface area contributed by atoms with Crippen molar-refractivity contribution in [1.82, 2.24) is 4.31 Å². The van der Waals surface area contributed by atoms with Crippen LogP contribution in [0.1, 0.15) is 29.9 Å². The molecule has 0 amide bonds. The predicted octanol–water partition coefficient (Wildman–Crippen LogP) is 4.15. The molecule has 0 N–H and O–H groups in total. The van der Waals surface area contributed by atoms with E-state index < -0.39 is 0 Å². The lowest BCUT2D eigenvalue weighted by Gasteiger charge is -2.28. The maximum atomic E-state index is 6.01. The highest BCUT2D eigenvalue weighted by Crippen LogP contribution is 2.37. The molecule has 1 atom stereocenters. The van der Waals surface area contributed by atoms with Gasteiger partial charge in [-0.1, -0.05) is 35.9 Å². The van der Waals surface area contributed by atoms with Crippen LogP contribution in [0.25, 0.3) is 0 Å². The summed E-state index contributed by atoms with van der Waals surface area (Å²) in [5.74, 6) is 0.684. The molecule has 3 rings (SSSR count). The number of aryl methyl sites for hydroxylation is 1. The zero-order valence-electron chi connectivity index (χ0n) is 9.73. The minimum atomic E-state index is 0.684. The Balaban J connectivity index is 1.73. The number of hydrogen-bond donors (Lipinski definition) is 0. The maximum absolute atomic E-state index is 6.01. The van der Waals surface area contributed by atoms with Crippen LogP contribution in [0.2, 0.25) is 0 Å². The predicted molar refractivity (Wildman–Crippen MR) is 75.2 cm³/mol. The van der Waals surface area contributed by atoms with Crippen molar-refractivity contribution in [3.05, 3.63) is 45.8 Å². The molecular formula is C14H16ClNS. The first-order valence-electron chi connectivity index (χ1n) is 6.19. The van der Waals surface area contributed by atoms with Crippen molar-refractivity contribution in [2.75, 3.05) is 13.1 Å². The first-order chi connectivity index (χ1) is 8.33. The topological polar surface area (TPSA) is 3.24 Å². The van der Waals surface area contributed by atoms with E-state index in [-0.39, 0.29) is 0 Å². The highest BCUT2D eigenvalue weighted by Gasteiger charge is 2.24. The van der Waals surface area contributed by atoms with Gasteiger partial charge in [0, 0.05) is 13.1 Å². The summed E-state index contributed by atoms with van der Waals surface area (Å²) in [4.78, 5) is 0. The van der Waals surface area contributed by atoms with Crippen LogP contribution >= 0.6 is 23.5 Å². The molecular weight excluding hydrogens is 250 g/mol. The second kappa shape index (κ2) is 5.05. The fourth-order valence-corrected chi connectivity index (χ4v) is 3.93. The van der Waals surface area contributed by atoms with Crippen molar-refractivity contribution >= 4 is 23.5 Å². The third-order valence-corrected chi connectivity index (χ3v) is 4.85. The van der Waals surface area contributed by atoms with Crippen LogP contribution in [0.5, 0.6) is 0 Å². The molecule has 17 heavy (non-hydrogen) atoms. The van der Waals surface area contributed by atoms with Gasteiger partial charge in [-0.15, -0.1) is 0 Å². The van der Waals surface area contributed by atoms with E-state index in [9.17, 15) is 0 Å². The molecule has 90 valence electrons. The van der Waals surface area contributed by atoms with Crippen LogP contribution < -0.4 is 0 Å². The largest absolute Gasteiger partial charge is 0.241 e. The van der Waals surface area contributed by atoms with Crippen LogP contribution in [0.15, 0.2) is 34.7 Å². The van der Waals surface area contributed by atoms with Crippen molar-refractivity contribution in [2.24, 2.45) is 0 Å². The zero-order chi connectivity index (χ0) is 11.7. The molecule has 1 aromatic carbocycles. The van der Waals surface area contributed by atoms with E-state index >= 15 is 0 Å². The summed E-state index contributed by atoms with van der Waals surface area (Å²) in [5, 5.41) is 0. The van der Waals surface area contributed by atoms with Gasteiger partial charge in [-0.3, -0.25) is 0 Å². The first-order valence-corrected chi connectivity index (χ1v) is 7.34. The van der Waals surface area contributed by atoms with Gasteiger partial charge in [0.2, 0.25) is 0 Å². The number of fused-ring (bicyclic) bond motifs is 1. The second-order valence-electron chi connectivity index (χ2n) is 4.73. The quantitative estimate of drug-likeness (QED) is 0.739. The Morgan fingerprint density at radius 2 is 2.24 bits per heavy atom. The summed E-state index contributed by atoms with van der Waals surface area (Å²) in [6.45, 7) is 2.11. The number of halogens is 1. The Kier molecular flexibility index (Phi) is 3.46.